The van der Waals surface area contributed by atoms with Crippen molar-refractivity contribution < 1.29 is 0 Å². The summed E-state index contributed by atoms with van der Waals surface area (Å²) in [6.07, 6.45) is 5.35. The van der Waals surface area contributed by atoms with Gasteiger partial charge in [-0.25, -0.2) is 4.98 Å². The normalized spacial score (nSPS) is 12.8. The molecule has 17 heavy (non-hydrogen) atoms. The maximum Gasteiger partial charge on any atom is 0.140 e. The summed E-state index contributed by atoms with van der Waals surface area (Å²) in [5.41, 5.74) is 0. The zero-order valence-electron chi connectivity index (χ0n) is 10.6. The number of hydrogen-bond donors (Lipinski definition) is 1. The molecule has 96 valence electrons. The van der Waals surface area contributed by atoms with Crippen LogP contribution in [0.5, 0.6) is 0 Å². The van der Waals surface area contributed by atoms with Crippen LogP contribution in [0.1, 0.15) is 40.0 Å². The van der Waals surface area contributed by atoms with Crippen LogP contribution in [0.2, 0.25) is 5.02 Å². The summed E-state index contributed by atoms with van der Waals surface area (Å²) < 4.78 is 0.917. The highest BCUT2D eigenvalue weighted by Crippen LogP contribution is 2.24. The molecule has 0 bridgehead atoms. The largest absolute Gasteiger partial charge is 0.367 e. The highest BCUT2D eigenvalue weighted by Gasteiger charge is 2.07. The van der Waals surface area contributed by atoms with Crippen molar-refractivity contribution in [2.75, 3.05) is 5.32 Å². The highest BCUT2D eigenvalue weighted by molar-refractivity contribution is 9.10. The second-order valence-electron chi connectivity index (χ2n) is 4.85. The Morgan fingerprint density at radius 1 is 1.35 bits per heavy atom. The first-order valence-corrected chi connectivity index (χ1v) is 7.23. The molecule has 1 aromatic heterocycles. The highest BCUT2D eigenvalue weighted by atomic mass is 79.9. The number of hydrogen-bond acceptors (Lipinski definition) is 2. The maximum absolute atomic E-state index is 5.85. The first-order valence-electron chi connectivity index (χ1n) is 6.06. The van der Waals surface area contributed by atoms with Crippen molar-refractivity contribution in [2.24, 2.45) is 5.92 Å². The SMILES string of the molecule is CC(C)CCCC(C)Nc1ncc(Cl)cc1Br. The molecule has 1 atom stereocenters. The standard InChI is InChI=1S/C13H20BrClN2/c1-9(2)5-4-6-10(3)17-13-12(14)7-11(15)8-16-13/h7-10H,4-6H2,1-3H3,(H,16,17). The molecular weight excluding hydrogens is 300 g/mol. The molecule has 1 unspecified atom stereocenters. The molecule has 1 N–H and O–H groups in total. The molecule has 0 aromatic carbocycles. The minimum Gasteiger partial charge on any atom is -0.367 e. The molecular formula is C13H20BrClN2. The van der Waals surface area contributed by atoms with Gasteiger partial charge in [-0.15, -0.1) is 0 Å². The Kier molecular flexibility index (Phi) is 6.28. The van der Waals surface area contributed by atoms with Crippen LogP contribution in [0, 0.1) is 5.92 Å². The molecule has 0 aliphatic carbocycles. The predicted molar refractivity (Wildman–Crippen MR) is 78.7 cm³/mol. The number of pyridine rings is 1. The Hall–Kier alpha value is -0.280. The van der Waals surface area contributed by atoms with Crippen LogP contribution < -0.4 is 5.32 Å². The molecule has 0 aliphatic heterocycles. The third-order valence-corrected chi connectivity index (χ3v) is 3.42. The van der Waals surface area contributed by atoms with E-state index in [9.17, 15) is 0 Å². The number of rotatable bonds is 6. The molecule has 4 heteroatoms. The summed E-state index contributed by atoms with van der Waals surface area (Å²) in [5, 5.41) is 4.04. The summed E-state index contributed by atoms with van der Waals surface area (Å²) in [4.78, 5) is 4.27. The molecule has 1 heterocycles. The first-order chi connectivity index (χ1) is 7.99. The van der Waals surface area contributed by atoms with Crippen molar-refractivity contribution in [3.8, 4) is 0 Å². The number of nitrogens with zero attached hydrogens (tertiary/aromatic N) is 1. The summed E-state index contributed by atoms with van der Waals surface area (Å²) in [7, 11) is 0. The number of halogens is 2. The number of aromatic nitrogens is 1. The lowest BCUT2D eigenvalue weighted by molar-refractivity contribution is 0.520. The monoisotopic (exact) mass is 318 g/mol. The lowest BCUT2D eigenvalue weighted by atomic mass is 10.0. The van der Waals surface area contributed by atoms with E-state index in [1.54, 1.807) is 6.20 Å². The third kappa shape index (κ3) is 5.73. The molecule has 0 spiro atoms. The van der Waals surface area contributed by atoms with Crippen molar-refractivity contribution in [1.82, 2.24) is 4.98 Å². The fourth-order valence-electron chi connectivity index (χ4n) is 1.66. The van der Waals surface area contributed by atoms with Crippen LogP contribution >= 0.6 is 27.5 Å². The summed E-state index contributed by atoms with van der Waals surface area (Å²) in [5.74, 6) is 1.65. The molecule has 0 radical (unpaired) electrons. The fraction of sp³-hybridized carbons (Fsp3) is 0.615. The minimum atomic E-state index is 0.429. The van der Waals surface area contributed by atoms with E-state index >= 15 is 0 Å². The average molecular weight is 320 g/mol. The number of nitrogens with one attached hydrogen (secondary N) is 1. The van der Waals surface area contributed by atoms with E-state index in [4.69, 9.17) is 11.6 Å². The van der Waals surface area contributed by atoms with E-state index < -0.39 is 0 Å². The third-order valence-electron chi connectivity index (χ3n) is 2.61. The topological polar surface area (TPSA) is 24.9 Å². The quantitative estimate of drug-likeness (QED) is 0.786. The van der Waals surface area contributed by atoms with Crippen molar-refractivity contribution in [3.05, 3.63) is 21.8 Å². The van der Waals surface area contributed by atoms with E-state index in [0.29, 0.717) is 11.1 Å². The minimum absolute atomic E-state index is 0.429. The van der Waals surface area contributed by atoms with Crippen molar-refractivity contribution in [2.45, 2.75) is 46.1 Å². The van der Waals surface area contributed by atoms with Crippen LogP contribution in [-0.4, -0.2) is 11.0 Å². The van der Waals surface area contributed by atoms with Crippen molar-refractivity contribution in [3.63, 3.8) is 0 Å². The molecule has 2 nitrogen and oxygen atoms in total. The van der Waals surface area contributed by atoms with Gasteiger partial charge in [0.2, 0.25) is 0 Å². The van der Waals surface area contributed by atoms with Gasteiger partial charge in [0.05, 0.1) is 9.50 Å². The molecule has 1 rings (SSSR count). The van der Waals surface area contributed by atoms with E-state index in [-0.39, 0.29) is 0 Å². The maximum atomic E-state index is 5.85. The van der Waals surface area contributed by atoms with Gasteiger partial charge in [0.1, 0.15) is 5.82 Å². The van der Waals surface area contributed by atoms with Gasteiger partial charge < -0.3 is 5.32 Å². The molecule has 1 aromatic rings. The second-order valence-corrected chi connectivity index (χ2v) is 6.14. The van der Waals surface area contributed by atoms with E-state index in [0.717, 1.165) is 22.6 Å². The van der Waals surface area contributed by atoms with Crippen LogP contribution in [0.4, 0.5) is 5.82 Å². The number of anilines is 1. The van der Waals surface area contributed by atoms with Crippen LogP contribution in [0.25, 0.3) is 0 Å². The Morgan fingerprint density at radius 3 is 2.65 bits per heavy atom. The predicted octanol–water partition coefficient (Wildman–Crippen LogP) is 5.12. The van der Waals surface area contributed by atoms with E-state index in [2.05, 4.69) is 47.0 Å². The van der Waals surface area contributed by atoms with Gasteiger partial charge >= 0.3 is 0 Å². The molecule has 0 amide bonds. The van der Waals surface area contributed by atoms with Crippen LogP contribution in [-0.2, 0) is 0 Å². The first kappa shape index (κ1) is 14.8. The average Bonchev–Trinajstić information content (AvgIpc) is 2.21. The molecule has 0 saturated carbocycles. The fourth-order valence-corrected chi connectivity index (χ4v) is 2.41. The summed E-state index contributed by atoms with van der Waals surface area (Å²) in [6, 6.07) is 2.29. The van der Waals surface area contributed by atoms with Gasteiger partial charge in [-0.05, 0) is 41.3 Å². The smallest absolute Gasteiger partial charge is 0.140 e. The zero-order chi connectivity index (χ0) is 12.8. The van der Waals surface area contributed by atoms with Gasteiger partial charge in [-0.1, -0.05) is 38.3 Å². The Morgan fingerprint density at radius 2 is 2.06 bits per heavy atom. The van der Waals surface area contributed by atoms with Crippen LogP contribution in [0.15, 0.2) is 16.7 Å². The van der Waals surface area contributed by atoms with E-state index in [1.807, 2.05) is 6.07 Å². The zero-order valence-corrected chi connectivity index (χ0v) is 13.0. The molecule has 0 aliphatic rings. The Labute approximate surface area is 117 Å². The van der Waals surface area contributed by atoms with Gasteiger partial charge in [-0.2, -0.15) is 0 Å². The van der Waals surface area contributed by atoms with Gasteiger partial charge in [0.15, 0.2) is 0 Å². The Bertz CT molecular complexity index is 355. The lowest BCUT2D eigenvalue weighted by Gasteiger charge is -2.16. The molecule has 0 fully saturated rings. The van der Waals surface area contributed by atoms with Gasteiger partial charge in [0.25, 0.3) is 0 Å². The van der Waals surface area contributed by atoms with Gasteiger partial charge in [0, 0.05) is 12.2 Å². The van der Waals surface area contributed by atoms with Crippen molar-refractivity contribution >= 4 is 33.3 Å². The second kappa shape index (κ2) is 7.22. The van der Waals surface area contributed by atoms with E-state index in [1.165, 1.54) is 12.8 Å². The van der Waals surface area contributed by atoms with Crippen LogP contribution in [0.3, 0.4) is 0 Å². The molecule has 0 saturated heterocycles. The summed E-state index contributed by atoms with van der Waals surface area (Å²) >= 11 is 9.31. The Balaban J connectivity index is 2.42. The summed E-state index contributed by atoms with van der Waals surface area (Å²) in [6.45, 7) is 6.70. The van der Waals surface area contributed by atoms with Gasteiger partial charge in [-0.3, -0.25) is 0 Å². The lowest BCUT2D eigenvalue weighted by Crippen LogP contribution is -2.16. The van der Waals surface area contributed by atoms with Crippen molar-refractivity contribution in [1.29, 1.82) is 0 Å².